The van der Waals surface area contributed by atoms with Crippen LogP contribution in [0, 0.1) is 6.92 Å². The second kappa shape index (κ2) is 8.60. The van der Waals surface area contributed by atoms with Crippen molar-refractivity contribution in [1.29, 1.82) is 0 Å². The Kier molecular flexibility index (Phi) is 6.44. The van der Waals surface area contributed by atoms with Crippen LogP contribution < -0.4 is 4.74 Å². The van der Waals surface area contributed by atoms with E-state index < -0.39 is 0 Å². The van der Waals surface area contributed by atoms with Crippen LogP contribution in [0.3, 0.4) is 0 Å². The van der Waals surface area contributed by atoms with Crippen molar-refractivity contribution in [3.05, 3.63) is 47.8 Å². The van der Waals surface area contributed by atoms with Gasteiger partial charge in [-0.1, -0.05) is 24.3 Å². The van der Waals surface area contributed by atoms with Crippen LogP contribution in [0.2, 0.25) is 0 Å². The molecule has 4 nitrogen and oxygen atoms in total. The third-order valence-corrected chi connectivity index (χ3v) is 3.38. The van der Waals surface area contributed by atoms with Gasteiger partial charge in [0.05, 0.1) is 25.0 Å². The molecule has 1 aromatic rings. The Morgan fingerprint density at radius 1 is 1.29 bits per heavy atom. The van der Waals surface area contributed by atoms with E-state index in [-0.39, 0.29) is 6.10 Å². The van der Waals surface area contributed by atoms with Gasteiger partial charge in [-0.05, 0) is 19.4 Å². The molecule has 0 N–H and O–H groups in total. The standard InChI is InChI=1S/C17H23NO3/c1-14-16(13-21-15-7-4-3-5-8-15)18-10-9-17(14)20-12-6-11-19-2/h3-5,7,9-10,15H,6,8,11-13H2,1-2H3. The van der Waals surface area contributed by atoms with Gasteiger partial charge in [0, 0.05) is 31.9 Å². The first-order valence-corrected chi connectivity index (χ1v) is 7.32. The van der Waals surface area contributed by atoms with E-state index in [2.05, 4.69) is 17.1 Å². The van der Waals surface area contributed by atoms with Gasteiger partial charge in [0.1, 0.15) is 5.75 Å². The quantitative estimate of drug-likeness (QED) is 0.689. The number of pyridine rings is 1. The second-order valence-electron chi connectivity index (χ2n) is 4.97. The van der Waals surface area contributed by atoms with Gasteiger partial charge in [0.2, 0.25) is 0 Å². The summed E-state index contributed by atoms with van der Waals surface area (Å²) in [6.45, 7) is 3.88. The minimum atomic E-state index is 0.141. The van der Waals surface area contributed by atoms with Crippen LogP contribution in [0.25, 0.3) is 0 Å². The van der Waals surface area contributed by atoms with E-state index >= 15 is 0 Å². The zero-order valence-corrected chi connectivity index (χ0v) is 12.7. The average molecular weight is 289 g/mol. The number of methoxy groups -OCH3 is 1. The van der Waals surface area contributed by atoms with Crippen molar-refractivity contribution >= 4 is 0 Å². The Morgan fingerprint density at radius 2 is 2.19 bits per heavy atom. The van der Waals surface area contributed by atoms with Crippen molar-refractivity contribution in [1.82, 2.24) is 4.98 Å². The monoisotopic (exact) mass is 289 g/mol. The third-order valence-electron chi connectivity index (χ3n) is 3.38. The molecule has 1 unspecified atom stereocenters. The van der Waals surface area contributed by atoms with Crippen LogP contribution in [-0.4, -0.2) is 31.4 Å². The van der Waals surface area contributed by atoms with Gasteiger partial charge in [-0.3, -0.25) is 4.98 Å². The summed E-state index contributed by atoms with van der Waals surface area (Å²) in [5, 5.41) is 0. The van der Waals surface area contributed by atoms with Gasteiger partial charge in [0.15, 0.2) is 0 Å². The van der Waals surface area contributed by atoms with Crippen LogP contribution in [0.1, 0.15) is 24.1 Å². The van der Waals surface area contributed by atoms with Crippen LogP contribution in [0.5, 0.6) is 5.75 Å². The lowest BCUT2D eigenvalue weighted by Crippen LogP contribution is -2.12. The highest BCUT2D eigenvalue weighted by Gasteiger charge is 2.10. The molecule has 114 valence electrons. The highest BCUT2D eigenvalue weighted by Crippen LogP contribution is 2.21. The zero-order valence-electron chi connectivity index (χ0n) is 12.7. The molecular weight excluding hydrogens is 266 g/mol. The molecule has 21 heavy (non-hydrogen) atoms. The van der Waals surface area contributed by atoms with E-state index in [1.54, 1.807) is 13.3 Å². The molecule has 0 saturated carbocycles. The number of hydrogen-bond donors (Lipinski definition) is 0. The van der Waals surface area contributed by atoms with E-state index in [1.165, 1.54) is 0 Å². The molecule has 4 heteroatoms. The number of hydrogen-bond acceptors (Lipinski definition) is 4. The summed E-state index contributed by atoms with van der Waals surface area (Å²) in [6.07, 6.45) is 11.9. The van der Waals surface area contributed by atoms with Crippen molar-refractivity contribution in [2.45, 2.75) is 32.5 Å². The highest BCUT2D eigenvalue weighted by atomic mass is 16.5. The van der Waals surface area contributed by atoms with E-state index in [1.807, 2.05) is 25.1 Å². The maximum atomic E-state index is 5.87. The average Bonchev–Trinajstić information content (AvgIpc) is 2.53. The summed E-state index contributed by atoms with van der Waals surface area (Å²) < 4.78 is 16.7. The number of ether oxygens (including phenoxy) is 3. The molecule has 1 aliphatic rings. The number of allylic oxidation sites excluding steroid dienone is 2. The molecule has 2 rings (SSSR count). The molecular formula is C17H23NO3. The van der Waals surface area contributed by atoms with Gasteiger partial charge in [-0.25, -0.2) is 0 Å². The Bertz CT molecular complexity index is 497. The lowest BCUT2D eigenvalue weighted by Gasteiger charge is -2.16. The SMILES string of the molecule is COCCCOc1ccnc(COC2C=CC=CC2)c1C. The minimum absolute atomic E-state index is 0.141. The van der Waals surface area contributed by atoms with Crippen molar-refractivity contribution in [3.8, 4) is 5.75 Å². The van der Waals surface area contributed by atoms with Crippen LogP contribution in [-0.2, 0) is 16.1 Å². The molecule has 1 aliphatic carbocycles. The summed E-state index contributed by atoms with van der Waals surface area (Å²) >= 11 is 0. The van der Waals surface area contributed by atoms with Crippen molar-refractivity contribution in [2.75, 3.05) is 20.3 Å². The predicted molar refractivity (Wildman–Crippen MR) is 82.4 cm³/mol. The van der Waals surface area contributed by atoms with Gasteiger partial charge < -0.3 is 14.2 Å². The highest BCUT2D eigenvalue weighted by molar-refractivity contribution is 5.34. The molecule has 0 radical (unpaired) electrons. The predicted octanol–water partition coefficient (Wildman–Crippen LogP) is 3.21. The summed E-state index contributed by atoms with van der Waals surface area (Å²) in [4.78, 5) is 4.40. The molecule has 0 saturated heterocycles. The second-order valence-corrected chi connectivity index (χ2v) is 4.97. The molecule has 0 spiro atoms. The Morgan fingerprint density at radius 3 is 2.95 bits per heavy atom. The topological polar surface area (TPSA) is 40.6 Å². The maximum Gasteiger partial charge on any atom is 0.125 e. The first-order chi connectivity index (χ1) is 10.3. The molecule has 0 aliphatic heterocycles. The lowest BCUT2D eigenvalue weighted by molar-refractivity contribution is 0.0705. The fourth-order valence-corrected chi connectivity index (χ4v) is 2.11. The molecule has 1 heterocycles. The van der Waals surface area contributed by atoms with Gasteiger partial charge in [-0.15, -0.1) is 0 Å². The number of rotatable bonds is 8. The Hall–Kier alpha value is -1.65. The maximum absolute atomic E-state index is 5.87. The first kappa shape index (κ1) is 15.7. The smallest absolute Gasteiger partial charge is 0.125 e. The lowest BCUT2D eigenvalue weighted by atomic mass is 10.1. The van der Waals surface area contributed by atoms with Crippen LogP contribution in [0.15, 0.2) is 36.6 Å². The molecule has 0 bridgehead atoms. The summed E-state index contributed by atoms with van der Waals surface area (Å²) in [5.41, 5.74) is 1.98. The van der Waals surface area contributed by atoms with E-state index in [4.69, 9.17) is 14.2 Å². The fraction of sp³-hybridized carbons (Fsp3) is 0.471. The Labute approximate surface area is 126 Å². The summed E-state index contributed by atoms with van der Waals surface area (Å²) in [7, 11) is 1.70. The molecule has 1 atom stereocenters. The van der Waals surface area contributed by atoms with E-state index in [0.717, 1.165) is 29.8 Å². The van der Waals surface area contributed by atoms with Gasteiger partial charge in [0.25, 0.3) is 0 Å². The van der Waals surface area contributed by atoms with E-state index in [0.29, 0.717) is 19.8 Å². The summed E-state index contributed by atoms with van der Waals surface area (Å²) in [5.74, 6) is 0.874. The number of nitrogens with zero attached hydrogens (tertiary/aromatic N) is 1. The zero-order chi connectivity index (χ0) is 14.9. The molecule has 1 aromatic heterocycles. The molecule has 0 aromatic carbocycles. The van der Waals surface area contributed by atoms with Crippen LogP contribution in [0.4, 0.5) is 0 Å². The first-order valence-electron chi connectivity index (χ1n) is 7.32. The normalized spacial score (nSPS) is 17.1. The van der Waals surface area contributed by atoms with Crippen molar-refractivity contribution < 1.29 is 14.2 Å². The van der Waals surface area contributed by atoms with E-state index in [9.17, 15) is 0 Å². The molecule has 0 fully saturated rings. The third kappa shape index (κ3) is 4.99. The largest absolute Gasteiger partial charge is 0.493 e. The van der Waals surface area contributed by atoms with Crippen LogP contribution >= 0.6 is 0 Å². The van der Waals surface area contributed by atoms with Gasteiger partial charge in [-0.2, -0.15) is 0 Å². The Balaban J connectivity index is 1.87. The van der Waals surface area contributed by atoms with Crippen molar-refractivity contribution in [3.63, 3.8) is 0 Å². The summed E-state index contributed by atoms with van der Waals surface area (Å²) in [6, 6.07) is 1.90. The van der Waals surface area contributed by atoms with Crippen molar-refractivity contribution in [2.24, 2.45) is 0 Å². The van der Waals surface area contributed by atoms with Gasteiger partial charge >= 0.3 is 0 Å². The number of aromatic nitrogens is 1. The fourth-order valence-electron chi connectivity index (χ4n) is 2.11. The molecule has 0 amide bonds. The minimum Gasteiger partial charge on any atom is -0.493 e.